The van der Waals surface area contributed by atoms with Crippen molar-refractivity contribution in [2.45, 2.75) is 45.4 Å². The molecule has 0 radical (unpaired) electrons. The highest BCUT2D eigenvalue weighted by atomic mass is 32.1. The highest BCUT2D eigenvalue weighted by Crippen LogP contribution is 2.40. The van der Waals surface area contributed by atoms with Gasteiger partial charge in [0.25, 0.3) is 5.91 Å². The quantitative estimate of drug-likeness (QED) is 0.745. The second-order valence-electron chi connectivity index (χ2n) is 5.53. The molecule has 1 aromatic rings. The number of primary amides is 1. The molecule has 2 rings (SSSR count). The van der Waals surface area contributed by atoms with Crippen LogP contribution in [0.2, 0.25) is 0 Å². The predicted octanol–water partition coefficient (Wildman–Crippen LogP) is 2.17. The van der Waals surface area contributed by atoms with Crippen molar-refractivity contribution in [2.24, 2.45) is 11.7 Å². The summed E-state index contributed by atoms with van der Waals surface area (Å²) in [5, 5.41) is 11.7. The third-order valence-electron chi connectivity index (χ3n) is 4.01. The first-order valence-electron chi connectivity index (χ1n) is 7.38. The van der Waals surface area contributed by atoms with Crippen molar-refractivity contribution >= 4 is 34.1 Å². The first-order chi connectivity index (χ1) is 10.4. The number of thiophene rings is 1. The SMILES string of the molecule is CC[C@@H]1CCc2c(sc(NC(=O)CCC(=O)O)c2C(N)=O)C1. The summed E-state index contributed by atoms with van der Waals surface area (Å²) in [5.74, 6) is -1.37. The number of hydrogen-bond donors (Lipinski definition) is 3. The van der Waals surface area contributed by atoms with Gasteiger partial charge < -0.3 is 16.2 Å². The molecule has 0 spiro atoms. The Morgan fingerprint density at radius 1 is 1.36 bits per heavy atom. The van der Waals surface area contributed by atoms with Gasteiger partial charge >= 0.3 is 5.97 Å². The molecule has 22 heavy (non-hydrogen) atoms. The fourth-order valence-corrected chi connectivity index (χ4v) is 4.14. The van der Waals surface area contributed by atoms with Gasteiger partial charge in [0.15, 0.2) is 0 Å². The monoisotopic (exact) mass is 324 g/mol. The molecule has 7 heteroatoms. The maximum absolute atomic E-state index is 11.8. The molecule has 1 aromatic heterocycles. The van der Waals surface area contributed by atoms with E-state index >= 15 is 0 Å². The van der Waals surface area contributed by atoms with Gasteiger partial charge in [-0.25, -0.2) is 0 Å². The number of carboxylic acid groups (broad SMARTS) is 1. The standard InChI is InChI=1S/C15H20N2O4S/c1-2-8-3-4-9-10(7-8)22-15(13(9)14(16)21)17-11(18)5-6-12(19)20/h8H,2-7H2,1H3,(H2,16,21)(H,17,18)(H,19,20)/t8-/m1/s1. The molecule has 1 atom stereocenters. The van der Waals surface area contributed by atoms with Gasteiger partial charge in [-0.15, -0.1) is 11.3 Å². The van der Waals surface area contributed by atoms with Crippen LogP contribution in [0.4, 0.5) is 5.00 Å². The molecule has 1 aliphatic carbocycles. The summed E-state index contributed by atoms with van der Waals surface area (Å²) in [6, 6.07) is 0. The zero-order valence-corrected chi connectivity index (χ0v) is 13.3. The van der Waals surface area contributed by atoms with Gasteiger partial charge in [0.1, 0.15) is 5.00 Å². The van der Waals surface area contributed by atoms with E-state index in [1.54, 1.807) is 0 Å². The molecule has 0 fully saturated rings. The van der Waals surface area contributed by atoms with Crippen molar-refractivity contribution in [3.8, 4) is 0 Å². The Morgan fingerprint density at radius 3 is 2.68 bits per heavy atom. The maximum atomic E-state index is 11.8. The largest absolute Gasteiger partial charge is 0.481 e. The summed E-state index contributed by atoms with van der Waals surface area (Å²) >= 11 is 1.39. The highest BCUT2D eigenvalue weighted by Gasteiger charge is 2.28. The van der Waals surface area contributed by atoms with E-state index in [0.717, 1.165) is 36.1 Å². The number of carbonyl (C=O) groups is 3. The average Bonchev–Trinajstić information content (AvgIpc) is 2.81. The van der Waals surface area contributed by atoms with Crippen molar-refractivity contribution in [1.82, 2.24) is 0 Å². The Labute approximate surface area is 132 Å². The van der Waals surface area contributed by atoms with Crippen LogP contribution in [0.5, 0.6) is 0 Å². The van der Waals surface area contributed by atoms with E-state index < -0.39 is 17.8 Å². The zero-order chi connectivity index (χ0) is 16.3. The van der Waals surface area contributed by atoms with Gasteiger partial charge in [0.05, 0.1) is 12.0 Å². The van der Waals surface area contributed by atoms with Crippen molar-refractivity contribution in [3.05, 3.63) is 16.0 Å². The minimum atomic E-state index is -1.03. The van der Waals surface area contributed by atoms with Crippen molar-refractivity contribution < 1.29 is 19.5 Å². The molecule has 0 unspecified atom stereocenters. The maximum Gasteiger partial charge on any atom is 0.303 e. The first-order valence-corrected chi connectivity index (χ1v) is 8.20. The lowest BCUT2D eigenvalue weighted by atomic mass is 9.85. The van der Waals surface area contributed by atoms with Crippen LogP contribution in [0.25, 0.3) is 0 Å². The Morgan fingerprint density at radius 2 is 2.09 bits per heavy atom. The number of hydrogen-bond acceptors (Lipinski definition) is 4. The number of fused-ring (bicyclic) bond motifs is 1. The molecular formula is C15H20N2O4S. The molecule has 0 saturated carbocycles. The van der Waals surface area contributed by atoms with Crippen molar-refractivity contribution in [3.63, 3.8) is 0 Å². The molecular weight excluding hydrogens is 304 g/mol. The van der Waals surface area contributed by atoms with E-state index in [2.05, 4.69) is 12.2 Å². The molecule has 120 valence electrons. The van der Waals surface area contributed by atoms with Gasteiger partial charge in [-0.1, -0.05) is 13.3 Å². The predicted molar refractivity (Wildman–Crippen MR) is 84.1 cm³/mol. The molecule has 1 heterocycles. The third kappa shape index (κ3) is 3.65. The summed E-state index contributed by atoms with van der Waals surface area (Å²) in [4.78, 5) is 35.2. The smallest absolute Gasteiger partial charge is 0.303 e. The van der Waals surface area contributed by atoms with E-state index in [4.69, 9.17) is 10.8 Å². The lowest BCUT2D eigenvalue weighted by Gasteiger charge is -2.20. The topological polar surface area (TPSA) is 109 Å². The second kappa shape index (κ2) is 6.91. The average molecular weight is 324 g/mol. The van der Waals surface area contributed by atoms with E-state index in [1.807, 2.05) is 0 Å². The molecule has 0 saturated heterocycles. The van der Waals surface area contributed by atoms with Crippen molar-refractivity contribution in [1.29, 1.82) is 0 Å². The van der Waals surface area contributed by atoms with Crippen LogP contribution in [0, 0.1) is 5.92 Å². The molecule has 0 aliphatic heterocycles. The Hall–Kier alpha value is -1.89. The Balaban J connectivity index is 2.20. The fraction of sp³-hybridized carbons (Fsp3) is 0.533. The number of nitrogens with two attached hydrogens (primary N) is 1. The first kappa shape index (κ1) is 16.5. The zero-order valence-electron chi connectivity index (χ0n) is 12.5. The lowest BCUT2D eigenvalue weighted by molar-refractivity contribution is -0.138. The minimum absolute atomic E-state index is 0.117. The highest BCUT2D eigenvalue weighted by molar-refractivity contribution is 7.17. The van der Waals surface area contributed by atoms with E-state index in [1.165, 1.54) is 11.3 Å². The van der Waals surface area contributed by atoms with Crippen LogP contribution >= 0.6 is 11.3 Å². The van der Waals surface area contributed by atoms with Crippen LogP contribution in [-0.2, 0) is 22.4 Å². The van der Waals surface area contributed by atoms with Crippen LogP contribution in [0.15, 0.2) is 0 Å². The van der Waals surface area contributed by atoms with Gasteiger partial charge in [-0.05, 0) is 30.7 Å². The number of carboxylic acids is 1. The summed E-state index contributed by atoms with van der Waals surface area (Å²) in [6.45, 7) is 2.15. The number of aliphatic carboxylic acids is 1. The van der Waals surface area contributed by atoms with E-state index in [9.17, 15) is 14.4 Å². The van der Waals surface area contributed by atoms with Gasteiger partial charge in [0.2, 0.25) is 5.91 Å². The van der Waals surface area contributed by atoms with E-state index in [-0.39, 0.29) is 12.8 Å². The lowest BCUT2D eigenvalue weighted by Crippen LogP contribution is -2.20. The van der Waals surface area contributed by atoms with Crippen LogP contribution in [0.3, 0.4) is 0 Å². The minimum Gasteiger partial charge on any atom is -0.481 e. The number of rotatable bonds is 6. The van der Waals surface area contributed by atoms with Crippen LogP contribution < -0.4 is 11.1 Å². The molecule has 4 N–H and O–H groups in total. The molecule has 2 amide bonds. The Kier molecular flexibility index (Phi) is 5.18. The Bertz CT molecular complexity index is 609. The normalized spacial score (nSPS) is 16.9. The molecule has 1 aliphatic rings. The van der Waals surface area contributed by atoms with Gasteiger partial charge in [0, 0.05) is 11.3 Å². The third-order valence-corrected chi connectivity index (χ3v) is 5.18. The molecule has 6 nitrogen and oxygen atoms in total. The van der Waals surface area contributed by atoms with Gasteiger partial charge in [-0.2, -0.15) is 0 Å². The molecule has 0 bridgehead atoms. The molecule has 0 aromatic carbocycles. The van der Waals surface area contributed by atoms with Crippen molar-refractivity contribution in [2.75, 3.05) is 5.32 Å². The van der Waals surface area contributed by atoms with Gasteiger partial charge in [-0.3, -0.25) is 14.4 Å². The number of carbonyl (C=O) groups excluding carboxylic acids is 2. The van der Waals surface area contributed by atoms with E-state index in [0.29, 0.717) is 16.5 Å². The number of amides is 2. The summed E-state index contributed by atoms with van der Waals surface area (Å²) in [7, 11) is 0. The fourth-order valence-electron chi connectivity index (χ4n) is 2.76. The summed E-state index contributed by atoms with van der Waals surface area (Å²) in [6.07, 6.45) is 3.46. The van der Waals surface area contributed by atoms with Crippen LogP contribution in [-0.4, -0.2) is 22.9 Å². The summed E-state index contributed by atoms with van der Waals surface area (Å²) in [5.41, 5.74) is 6.83. The number of anilines is 1. The summed E-state index contributed by atoms with van der Waals surface area (Å²) < 4.78 is 0. The number of nitrogens with one attached hydrogen (secondary N) is 1. The second-order valence-corrected chi connectivity index (χ2v) is 6.64. The van der Waals surface area contributed by atoms with Crippen LogP contribution in [0.1, 0.15) is 53.4 Å².